The van der Waals surface area contributed by atoms with E-state index in [2.05, 4.69) is 10.9 Å². The Bertz CT molecular complexity index is 270. The fourth-order valence-corrected chi connectivity index (χ4v) is 4.40. The number of hydrogen-bond donors (Lipinski definition) is 2. The van der Waals surface area contributed by atoms with Crippen LogP contribution in [0.4, 0.5) is 0 Å². The van der Waals surface area contributed by atoms with Crippen molar-refractivity contribution in [1.82, 2.24) is 10.9 Å². The first-order chi connectivity index (χ1) is 7.72. The van der Waals surface area contributed by atoms with Gasteiger partial charge in [0.1, 0.15) is 0 Å². The van der Waals surface area contributed by atoms with Crippen LogP contribution in [0.2, 0.25) is 0 Å². The summed E-state index contributed by atoms with van der Waals surface area (Å²) in [4.78, 5) is 10.3. The van der Waals surface area contributed by atoms with Gasteiger partial charge in [-0.05, 0) is 55.8 Å². The molecule has 5 heteroatoms. The molecular weight excluding hydrogens is 240 g/mol. The van der Waals surface area contributed by atoms with Crippen molar-refractivity contribution in [3.63, 3.8) is 0 Å². The number of hydrogen-bond acceptors (Lipinski definition) is 4. The Kier molecular flexibility index (Phi) is 3.95. The second-order valence-corrected chi connectivity index (χ2v) is 5.83. The molecule has 4 saturated carbocycles. The molecule has 4 bridgehead atoms. The highest BCUT2D eigenvalue weighted by Crippen LogP contribution is 2.53. The molecule has 0 heterocycles. The molecule has 98 valence electrons. The normalized spacial score (nSPS) is 42.2. The van der Waals surface area contributed by atoms with Crippen molar-refractivity contribution in [1.29, 1.82) is 0 Å². The van der Waals surface area contributed by atoms with E-state index in [0.717, 1.165) is 23.7 Å². The zero-order valence-corrected chi connectivity index (χ0v) is 10.7. The summed E-state index contributed by atoms with van der Waals surface area (Å²) >= 11 is 0. The minimum atomic E-state index is -1.05. The SMILES string of the molecule is Cl.O=C([O-])CNNC1C2CC3CC(C2)CC1C3. The van der Waals surface area contributed by atoms with Gasteiger partial charge in [0.2, 0.25) is 0 Å². The van der Waals surface area contributed by atoms with E-state index in [1.54, 1.807) is 0 Å². The number of aliphatic carboxylic acids is 1. The van der Waals surface area contributed by atoms with Gasteiger partial charge in [0.25, 0.3) is 0 Å². The number of nitrogens with one attached hydrogen (secondary N) is 2. The predicted molar refractivity (Wildman–Crippen MR) is 64.2 cm³/mol. The van der Waals surface area contributed by atoms with Crippen molar-refractivity contribution in [2.75, 3.05) is 6.54 Å². The lowest BCUT2D eigenvalue weighted by atomic mass is 9.54. The van der Waals surface area contributed by atoms with Gasteiger partial charge in [-0.1, -0.05) is 0 Å². The van der Waals surface area contributed by atoms with Crippen LogP contribution in [0.1, 0.15) is 32.1 Å². The Morgan fingerprint density at radius 2 is 1.59 bits per heavy atom. The van der Waals surface area contributed by atoms with Crippen LogP contribution in [-0.2, 0) is 4.79 Å². The molecule has 4 fully saturated rings. The van der Waals surface area contributed by atoms with Crippen LogP contribution in [-0.4, -0.2) is 18.6 Å². The van der Waals surface area contributed by atoms with E-state index >= 15 is 0 Å². The first-order valence-electron chi connectivity index (χ1n) is 6.40. The molecular formula is C12H20ClN2O2-. The molecule has 0 aromatic heterocycles. The molecule has 0 aliphatic heterocycles. The number of carbonyl (C=O) groups excluding carboxylic acids is 1. The van der Waals surface area contributed by atoms with Gasteiger partial charge < -0.3 is 9.90 Å². The van der Waals surface area contributed by atoms with Crippen molar-refractivity contribution in [2.24, 2.45) is 23.7 Å². The average molecular weight is 260 g/mol. The third kappa shape index (κ3) is 2.59. The molecule has 0 radical (unpaired) electrons. The van der Waals surface area contributed by atoms with Gasteiger partial charge in [-0.3, -0.25) is 10.9 Å². The molecule has 0 amide bonds. The average Bonchev–Trinajstić information content (AvgIpc) is 2.20. The Morgan fingerprint density at radius 3 is 2.06 bits per heavy atom. The quantitative estimate of drug-likeness (QED) is 0.702. The second-order valence-electron chi connectivity index (χ2n) is 5.83. The third-order valence-corrected chi connectivity index (χ3v) is 4.73. The van der Waals surface area contributed by atoms with Gasteiger partial charge in [0.15, 0.2) is 0 Å². The summed E-state index contributed by atoms with van der Waals surface area (Å²) in [5.74, 6) is 2.41. The van der Waals surface area contributed by atoms with Crippen molar-refractivity contribution < 1.29 is 9.90 Å². The Labute approximate surface area is 108 Å². The maximum absolute atomic E-state index is 10.3. The smallest absolute Gasteiger partial charge is 0.0566 e. The standard InChI is InChI=1S/C12H20N2O2.ClH/c15-11(16)6-13-14-12-9-2-7-1-8(4-9)5-10(12)3-7;/h7-10,12-14H,1-6H2,(H,15,16);1H/p-1. The molecule has 4 aliphatic rings. The highest BCUT2D eigenvalue weighted by Gasteiger charge is 2.47. The Hall–Kier alpha value is -0.320. The lowest BCUT2D eigenvalue weighted by Crippen LogP contribution is -2.58. The Balaban J connectivity index is 0.00000108. The summed E-state index contributed by atoms with van der Waals surface area (Å²) in [7, 11) is 0. The van der Waals surface area contributed by atoms with E-state index in [0.29, 0.717) is 6.04 Å². The minimum Gasteiger partial charge on any atom is -0.549 e. The molecule has 0 saturated heterocycles. The molecule has 0 aromatic rings. The zero-order valence-electron chi connectivity index (χ0n) is 9.85. The van der Waals surface area contributed by atoms with Crippen LogP contribution in [0, 0.1) is 23.7 Å². The van der Waals surface area contributed by atoms with Gasteiger partial charge in [-0.25, -0.2) is 0 Å². The molecule has 4 nitrogen and oxygen atoms in total. The van der Waals surface area contributed by atoms with Crippen LogP contribution >= 0.6 is 12.4 Å². The van der Waals surface area contributed by atoms with Crippen molar-refractivity contribution in [3.05, 3.63) is 0 Å². The first kappa shape index (κ1) is 13.1. The van der Waals surface area contributed by atoms with Gasteiger partial charge in [0.05, 0.1) is 5.97 Å². The third-order valence-electron chi connectivity index (χ3n) is 4.73. The van der Waals surface area contributed by atoms with Gasteiger partial charge >= 0.3 is 0 Å². The number of carboxylic acid groups (broad SMARTS) is 1. The lowest BCUT2D eigenvalue weighted by Gasteiger charge is -2.54. The van der Waals surface area contributed by atoms with E-state index in [4.69, 9.17) is 0 Å². The van der Waals surface area contributed by atoms with E-state index in [1.165, 1.54) is 32.1 Å². The van der Waals surface area contributed by atoms with E-state index in [1.807, 2.05) is 0 Å². The van der Waals surface area contributed by atoms with Crippen LogP contribution in [0.15, 0.2) is 0 Å². The first-order valence-corrected chi connectivity index (χ1v) is 6.40. The van der Waals surface area contributed by atoms with Crippen molar-refractivity contribution in [3.8, 4) is 0 Å². The maximum atomic E-state index is 10.3. The fraction of sp³-hybridized carbons (Fsp3) is 0.917. The summed E-state index contributed by atoms with van der Waals surface area (Å²) < 4.78 is 0. The van der Waals surface area contributed by atoms with Crippen LogP contribution in [0.3, 0.4) is 0 Å². The molecule has 2 N–H and O–H groups in total. The number of rotatable bonds is 4. The number of carbonyl (C=O) groups is 1. The van der Waals surface area contributed by atoms with Gasteiger partial charge in [-0.2, -0.15) is 0 Å². The number of hydrazine groups is 1. The predicted octanol–water partition coefficient (Wildman–Crippen LogP) is 0.0770. The van der Waals surface area contributed by atoms with Crippen molar-refractivity contribution >= 4 is 18.4 Å². The monoisotopic (exact) mass is 259 g/mol. The highest BCUT2D eigenvalue weighted by atomic mass is 35.5. The molecule has 0 aromatic carbocycles. The van der Waals surface area contributed by atoms with Crippen LogP contribution in [0.5, 0.6) is 0 Å². The Morgan fingerprint density at radius 1 is 1.06 bits per heavy atom. The van der Waals surface area contributed by atoms with Crippen molar-refractivity contribution in [2.45, 2.75) is 38.1 Å². The van der Waals surface area contributed by atoms with E-state index in [9.17, 15) is 9.90 Å². The summed E-state index contributed by atoms with van der Waals surface area (Å²) in [5, 5.41) is 10.3. The van der Waals surface area contributed by atoms with E-state index < -0.39 is 5.97 Å². The summed E-state index contributed by atoms with van der Waals surface area (Å²) in [5.41, 5.74) is 6.03. The van der Waals surface area contributed by atoms with E-state index in [-0.39, 0.29) is 19.0 Å². The van der Waals surface area contributed by atoms with Crippen LogP contribution < -0.4 is 16.0 Å². The maximum Gasteiger partial charge on any atom is 0.0566 e. The largest absolute Gasteiger partial charge is 0.549 e. The summed E-state index contributed by atoms with van der Waals surface area (Å²) in [6, 6.07) is 0.493. The summed E-state index contributed by atoms with van der Waals surface area (Å²) in [6.45, 7) is -0.0944. The van der Waals surface area contributed by atoms with Gasteiger partial charge in [-0.15, -0.1) is 12.4 Å². The number of halogens is 1. The lowest BCUT2D eigenvalue weighted by molar-refractivity contribution is -0.304. The molecule has 0 spiro atoms. The fourth-order valence-electron chi connectivity index (χ4n) is 4.40. The summed E-state index contributed by atoms with van der Waals surface area (Å²) in [6.07, 6.45) is 6.83. The molecule has 4 aliphatic carbocycles. The molecule has 0 unspecified atom stereocenters. The molecule has 17 heavy (non-hydrogen) atoms. The highest BCUT2D eigenvalue weighted by molar-refractivity contribution is 5.85. The molecule has 4 rings (SSSR count). The zero-order chi connectivity index (χ0) is 11.1. The van der Waals surface area contributed by atoms with Crippen LogP contribution in [0.25, 0.3) is 0 Å². The van der Waals surface area contributed by atoms with Gasteiger partial charge in [0, 0.05) is 12.6 Å². The number of carboxylic acids is 1. The topological polar surface area (TPSA) is 64.2 Å². The molecule has 0 atom stereocenters. The minimum absolute atomic E-state index is 0. The second kappa shape index (κ2) is 5.12.